The quantitative estimate of drug-likeness (QED) is 0.623. The Morgan fingerprint density at radius 2 is 1.97 bits per heavy atom. The fraction of sp³-hybridized carbons (Fsp3) is 0.704. The van der Waals surface area contributed by atoms with Gasteiger partial charge in [0.1, 0.15) is 6.10 Å². The van der Waals surface area contributed by atoms with Crippen LogP contribution in [0.3, 0.4) is 0 Å². The van der Waals surface area contributed by atoms with Gasteiger partial charge in [0.15, 0.2) is 0 Å². The molecule has 4 heterocycles. The Morgan fingerprint density at radius 3 is 2.74 bits per heavy atom. The second-order valence-electron chi connectivity index (χ2n) is 11.6. The van der Waals surface area contributed by atoms with Crippen LogP contribution in [0, 0.1) is 5.92 Å². The van der Waals surface area contributed by atoms with Gasteiger partial charge in [-0.25, -0.2) is 4.79 Å². The molecule has 0 N–H and O–H groups in total. The van der Waals surface area contributed by atoms with Gasteiger partial charge < -0.3 is 19.3 Å². The third kappa shape index (κ3) is 2.89. The average molecular weight is 468 g/mol. The number of amides is 2. The van der Waals surface area contributed by atoms with Crippen LogP contribution in [0.15, 0.2) is 24.3 Å². The summed E-state index contributed by atoms with van der Waals surface area (Å²) in [5.74, 6) is 0.761. The summed E-state index contributed by atoms with van der Waals surface area (Å²) < 4.78 is 11.2. The predicted molar refractivity (Wildman–Crippen MR) is 129 cm³/mol. The molecule has 2 amide bonds. The first-order valence-electron chi connectivity index (χ1n) is 13.2. The molecule has 1 aromatic rings. The van der Waals surface area contributed by atoms with E-state index in [0.717, 1.165) is 57.4 Å². The average Bonchev–Trinajstić information content (AvgIpc) is 3.35. The Bertz CT molecular complexity index is 1020. The zero-order valence-corrected chi connectivity index (χ0v) is 20.1. The highest BCUT2D eigenvalue weighted by atomic mass is 16.6. The first-order chi connectivity index (χ1) is 16.5. The number of anilines is 1. The Morgan fingerprint density at radius 1 is 1.15 bits per heavy atom. The second kappa shape index (κ2) is 7.44. The number of para-hydroxylation sites is 1. The van der Waals surface area contributed by atoms with E-state index in [4.69, 9.17) is 9.47 Å². The molecule has 7 heteroatoms. The van der Waals surface area contributed by atoms with E-state index in [1.54, 1.807) is 6.92 Å². The molecule has 6 aliphatic rings. The molecule has 3 saturated heterocycles. The highest BCUT2D eigenvalue weighted by Crippen LogP contribution is 2.65. The van der Waals surface area contributed by atoms with Crippen LogP contribution in [0.25, 0.3) is 0 Å². The van der Waals surface area contributed by atoms with Crippen LogP contribution in [-0.2, 0) is 19.7 Å². The minimum absolute atomic E-state index is 0. The number of nitrogens with zero attached hydrogens (tertiary/aromatic N) is 3. The second-order valence-corrected chi connectivity index (χ2v) is 11.6. The van der Waals surface area contributed by atoms with Crippen LogP contribution < -0.4 is 4.90 Å². The van der Waals surface area contributed by atoms with Gasteiger partial charge in [-0.2, -0.15) is 0 Å². The van der Waals surface area contributed by atoms with Crippen LogP contribution in [0.2, 0.25) is 0 Å². The van der Waals surface area contributed by atoms with Crippen molar-refractivity contribution in [3.05, 3.63) is 29.8 Å². The van der Waals surface area contributed by atoms with Crippen molar-refractivity contribution in [1.29, 1.82) is 0 Å². The van der Waals surface area contributed by atoms with E-state index < -0.39 is 0 Å². The van der Waals surface area contributed by atoms with Crippen molar-refractivity contribution in [2.24, 2.45) is 5.92 Å². The standard InChI is InChI=1S/C27H35N3O4.H2/c1-18(31)29-17-26(22-4-2-3-5-23(22)29)9-11-28(12-10-26)20-14-19-6-7-24-27(19,15-20)30(24)25(32)34-21-8-13-33-16-21;/h2-5,19-21,24H,6-17H2,1H3;1H/t19?,20?,21-,24?,27?,30?;/m0./s1. The molecule has 2 saturated carbocycles. The number of hydrogen-bond acceptors (Lipinski definition) is 5. The summed E-state index contributed by atoms with van der Waals surface area (Å²) in [7, 11) is 0. The van der Waals surface area contributed by atoms with Gasteiger partial charge in [0, 0.05) is 38.5 Å². The summed E-state index contributed by atoms with van der Waals surface area (Å²) in [6.45, 7) is 5.89. The van der Waals surface area contributed by atoms with E-state index in [-0.39, 0.29) is 30.5 Å². The number of benzene rings is 1. The summed E-state index contributed by atoms with van der Waals surface area (Å²) in [5, 5.41) is 0. The molecule has 0 radical (unpaired) electrons. The lowest BCUT2D eigenvalue weighted by Crippen LogP contribution is -2.48. The van der Waals surface area contributed by atoms with E-state index in [2.05, 4.69) is 28.0 Å². The van der Waals surface area contributed by atoms with E-state index in [9.17, 15) is 9.59 Å². The van der Waals surface area contributed by atoms with Gasteiger partial charge >= 0.3 is 6.09 Å². The van der Waals surface area contributed by atoms with E-state index in [1.165, 1.54) is 18.4 Å². The molecule has 0 aromatic heterocycles. The number of likely N-dealkylation sites (tertiary alicyclic amines) is 2. The van der Waals surface area contributed by atoms with Gasteiger partial charge in [-0.3, -0.25) is 9.69 Å². The fourth-order valence-electron chi connectivity index (χ4n) is 8.42. The minimum Gasteiger partial charge on any atom is -0.444 e. The molecule has 34 heavy (non-hydrogen) atoms. The van der Waals surface area contributed by atoms with E-state index in [1.807, 2.05) is 11.0 Å². The summed E-state index contributed by atoms with van der Waals surface area (Å²) in [5.41, 5.74) is 2.62. The topological polar surface area (TPSA) is 62.1 Å². The number of carbonyl (C=O) groups is 2. The largest absolute Gasteiger partial charge is 0.444 e. The summed E-state index contributed by atoms with van der Waals surface area (Å²) >= 11 is 0. The minimum atomic E-state index is -0.102. The molecule has 4 unspecified atom stereocenters. The lowest BCUT2D eigenvalue weighted by atomic mass is 9.74. The number of ether oxygens (including phenoxy) is 2. The molecular weight excluding hydrogens is 430 g/mol. The van der Waals surface area contributed by atoms with Gasteiger partial charge in [0.2, 0.25) is 5.91 Å². The van der Waals surface area contributed by atoms with Gasteiger partial charge in [0.25, 0.3) is 0 Å². The van der Waals surface area contributed by atoms with Gasteiger partial charge in [-0.1, -0.05) is 18.2 Å². The normalized spacial score (nSPS) is 37.6. The van der Waals surface area contributed by atoms with Crippen LogP contribution in [-0.4, -0.2) is 78.4 Å². The first kappa shape index (κ1) is 21.2. The monoisotopic (exact) mass is 467 g/mol. The molecule has 7 rings (SSSR count). The number of hydrogen-bond donors (Lipinski definition) is 0. The smallest absolute Gasteiger partial charge is 0.411 e. The lowest BCUT2D eigenvalue weighted by Gasteiger charge is -2.42. The summed E-state index contributed by atoms with van der Waals surface area (Å²) in [6.07, 6.45) is 7.53. The maximum Gasteiger partial charge on any atom is 0.411 e. The zero-order chi connectivity index (χ0) is 23.1. The molecule has 2 aliphatic carbocycles. The third-order valence-corrected chi connectivity index (χ3v) is 10.1. The third-order valence-electron chi connectivity index (χ3n) is 10.1. The van der Waals surface area contributed by atoms with Crippen molar-refractivity contribution in [2.75, 3.05) is 37.7 Å². The first-order valence-corrected chi connectivity index (χ1v) is 13.2. The Labute approximate surface area is 202 Å². The van der Waals surface area contributed by atoms with Crippen molar-refractivity contribution in [1.82, 2.24) is 9.80 Å². The van der Waals surface area contributed by atoms with Gasteiger partial charge in [-0.05, 0) is 69.2 Å². The SMILES string of the molecule is CC(=O)N1CC2(CCN(C3CC4CCC5N(C(=O)O[C@H]6CCOC6)C45C3)CC2)c2ccccc21.[HH]. The lowest BCUT2D eigenvalue weighted by molar-refractivity contribution is -0.116. The molecule has 1 aromatic carbocycles. The van der Waals surface area contributed by atoms with Gasteiger partial charge in [0.05, 0.1) is 24.8 Å². The zero-order valence-electron chi connectivity index (χ0n) is 20.1. The van der Waals surface area contributed by atoms with E-state index in [0.29, 0.717) is 31.2 Å². The van der Waals surface area contributed by atoms with Crippen molar-refractivity contribution in [3.63, 3.8) is 0 Å². The summed E-state index contributed by atoms with van der Waals surface area (Å²) in [4.78, 5) is 32.1. The summed E-state index contributed by atoms with van der Waals surface area (Å²) in [6, 6.07) is 9.45. The maximum absolute atomic E-state index is 13.0. The molecular formula is C27H37N3O4. The van der Waals surface area contributed by atoms with Crippen LogP contribution >= 0.6 is 0 Å². The van der Waals surface area contributed by atoms with Crippen molar-refractivity contribution < 1.29 is 20.5 Å². The molecule has 2 spiro atoms. The molecule has 5 fully saturated rings. The number of piperidine rings is 2. The molecule has 184 valence electrons. The Balaban J connectivity index is 0.00000229. The van der Waals surface area contributed by atoms with Gasteiger partial charge in [-0.15, -0.1) is 0 Å². The predicted octanol–water partition coefficient (Wildman–Crippen LogP) is 3.55. The molecule has 7 nitrogen and oxygen atoms in total. The van der Waals surface area contributed by atoms with Crippen LogP contribution in [0.1, 0.15) is 58.9 Å². The van der Waals surface area contributed by atoms with Crippen molar-refractivity contribution >= 4 is 17.7 Å². The fourth-order valence-corrected chi connectivity index (χ4v) is 8.42. The van der Waals surface area contributed by atoms with Crippen molar-refractivity contribution in [3.8, 4) is 0 Å². The van der Waals surface area contributed by atoms with Crippen molar-refractivity contribution in [2.45, 2.75) is 81.0 Å². The Hall–Kier alpha value is -2.12. The number of rotatable bonds is 2. The van der Waals surface area contributed by atoms with Crippen LogP contribution in [0.4, 0.5) is 10.5 Å². The molecule has 5 atom stereocenters. The number of carbonyl (C=O) groups excluding carboxylic acids is 2. The molecule has 4 aliphatic heterocycles. The van der Waals surface area contributed by atoms with E-state index >= 15 is 0 Å². The van der Waals surface area contributed by atoms with Crippen LogP contribution in [0.5, 0.6) is 0 Å². The molecule has 0 bridgehead atoms. The number of fused-ring (bicyclic) bond motifs is 2. The maximum atomic E-state index is 13.0. The Kier molecular flexibility index (Phi) is 4.64. The highest BCUT2D eigenvalue weighted by molar-refractivity contribution is 5.94. The highest BCUT2D eigenvalue weighted by Gasteiger charge is 2.75.